The summed E-state index contributed by atoms with van der Waals surface area (Å²) in [7, 11) is 0. The molecule has 9 heteroatoms. The van der Waals surface area contributed by atoms with Crippen LogP contribution in [0.1, 0.15) is 38.5 Å². The number of carbonyl (C=O) groups is 2. The number of likely N-dealkylation sites (tertiary alicyclic amines) is 1. The van der Waals surface area contributed by atoms with Gasteiger partial charge in [0.1, 0.15) is 6.54 Å². The molecule has 2 heterocycles. The highest BCUT2D eigenvalue weighted by Gasteiger charge is 2.40. The lowest BCUT2D eigenvalue weighted by molar-refractivity contribution is -0.168. The molecule has 0 bridgehead atoms. The van der Waals surface area contributed by atoms with E-state index in [0.717, 1.165) is 17.7 Å². The predicted molar refractivity (Wildman–Crippen MR) is 94.1 cm³/mol. The van der Waals surface area contributed by atoms with E-state index in [1.807, 2.05) is 4.90 Å². The van der Waals surface area contributed by atoms with Crippen molar-refractivity contribution < 1.29 is 22.8 Å². The van der Waals surface area contributed by atoms with E-state index in [0.29, 0.717) is 51.6 Å². The summed E-state index contributed by atoms with van der Waals surface area (Å²) in [6, 6.07) is -0.158. The summed E-state index contributed by atoms with van der Waals surface area (Å²) in [5, 5.41) is 3.07. The van der Waals surface area contributed by atoms with Gasteiger partial charge in [-0.25, -0.2) is 0 Å². The minimum Gasteiger partial charge on any atom is -0.352 e. The Morgan fingerprint density at radius 3 is 2.30 bits per heavy atom. The summed E-state index contributed by atoms with van der Waals surface area (Å²) in [6.07, 6.45) is 1.29. The lowest BCUT2D eigenvalue weighted by Gasteiger charge is -2.42. The van der Waals surface area contributed by atoms with Crippen molar-refractivity contribution in [3.63, 3.8) is 0 Å². The zero-order chi connectivity index (χ0) is 19.4. The van der Waals surface area contributed by atoms with Gasteiger partial charge < -0.3 is 10.2 Å². The van der Waals surface area contributed by atoms with E-state index in [9.17, 15) is 22.8 Å². The Morgan fingerprint density at radius 1 is 1.00 bits per heavy atom. The van der Waals surface area contributed by atoms with Crippen LogP contribution in [0.15, 0.2) is 0 Å². The van der Waals surface area contributed by atoms with E-state index in [4.69, 9.17) is 0 Å². The van der Waals surface area contributed by atoms with Gasteiger partial charge in [0, 0.05) is 38.8 Å². The fourth-order valence-corrected chi connectivity index (χ4v) is 4.41. The molecule has 3 fully saturated rings. The largest absolute Gasteiger partial charge is 0.406 e. The molecule has 1 saturated carbocycles. The van der Waals surface area contributed by atoms with E-state index >= 15 is 0 Å². The normalized spacial score (nSPS) is 26.6. The van der Waals surface area contributed by atoms with Gasteiger partial charge in [-0.05, 0) is 25.7 Å². The number of hydrogen-bond acceptors (Lipinski definition) is 4. The Balaban J connectivity index is 1.44. The first-order chi connectivity index (χ1) is 12.8. The summed E-state index contributed by atoms with van der Waals surface area (Å²) in [5.41, 5.74) is 0. The maximum atomic E-state index is 12.6. The van der Waals surface area contributed by atoms with Gasteiger partial charge in [0.15, 0.2) is 0 Å². The zero-order valence-electron chi connectivity index (χ0n) is 15.6. The Morgan fingerprint density at radius 2 is 1.67 bits per heavy atom. The van der Waals surface area contributed by atoms with Gasteiger partial charge in [0.25, 0.3) is 0 Å². The SMILES string of the molecule is O=C(CN1CCN([C@@H]2CCCN(CC(F)(F)F)C2=O)CC1)NC1CCCC1. The van der Waals surface area contributed by atoms with Crippen molar-refractivity contribution in [3.05, 3.63) is 0 Å². The van der Waals surface area contributed by atoms with Crippen LogP contribution in [0.3, 0.4) is 0 Å². The number of piperidine rings is 1. The third-order valence-corrected chi connectivity index (χ3v) is 5.81. The number of nitrogens with zero attached hydrogens (tertiary/aromatic N) is 3. The first-order valence-corrected chi connectivity index (χ1v) is 9.93. The molecule has 2 saturated heterocycles. The molecule has 3 rings (SSSR count). The molecule has 154 valence electrons. The maximum Gasteiger partial charge on any atom is 0.406 e. The van der Waals surface area contributed by atoms with E-state index in [1.165, 1.54) is 12.8 Å². The second kappa shape index (κ2) is 8.77. The molecule has 0 spiro atoms. The maximum absolute atomic E-state index is 12.6. The first kappa shape index (κ1) is 20.4. The molecule has 2 aliphatic heterocycles. The van der Waals surface area contributed by atoms with Crippen molar-refractivity contribution in [2.75, 3.05) is 45.8 Å². The molecule has 0 aromatic carbocycles. The van der Waals surface area contributed by atoms with E-state index in [2.05, 4.69) is 10.2 Å². The number of nitrogens with one attached hydrogen (secondary N) is 1. The monoisotopic (exact) mass is 390 g/mol. The van der Waals surface area contributed by atoms with Crippen LogP contribution in [0.5, 0.6) is 0 Å². The Bertz CT molecular complexity index is 529. The third kappa shape index (κ3) is 5.81. The van der Waals surface area contributed by atoms with Crippen LogP contribution in [0.25, 0.3) is 0 Å². The van der Waals surface area contributed by atoms with Crippen molar-refractivity contribution >= 4 is 11.8 Å². The molecule has 0 aromatic rings. The summed E-state index contributed by atoms with van der Waals surface area (Å²) in [5.74, 6) is -0.369. The average Bonchev–Trinajstić information content (AvgIpc) is 3.09. The first-order valence-electron chi connectivity index (χ1n) is 9.93. The summed E-state index contributed by atoms with van der Waals surface area (Å²) in [6.45, 7) is 1.88. The van der Waals surface area contributed by atoms with E-state index < -0.39 is 24.7 Å². The molecule has 27 heavy (non-hydrogen) atoms. The highest BCUT2D eigenvalue weighted by molar-refractivity contribution is 5.82. The second-order valence-corrected chi connectivity index (χ2v) is 7.89. The van der Waals surface area contributed by atoms with Gasteiger partial charge >= 0.3 is 6.18 Å². The Hall–Kier alpha value is -1.35. The molecular weight excluding hydrogens is 361 g/mol. The van der Waals surface area contributed by atoms with Crippen molar-refractivity contribution in [1.29, 1.82) is 0 Å². The Labute approximate surface area is 158 Å². The standard InChI is InChI=1S/C18H29F3N4O2/c19-18(20,21)13-25-7-3-6-15(17(25)27)24-10-8-23(9-11-24)12-16(26)22-14-4-1-2-5-14/h14-15H,1-13H2,(H,22,26)/t15-/m1/s1. The third-order valence-electron chi connectivity index (χ3n) is 5.81. The summed E-state index contributed by atoms with van der Waals surface area (Å²) in [4.78, 5) is 29.6. The van der Waals surface area contributed by atoms with Crippen LogP contribution in [0, 0.1) is 0 Å². The highest BCUT2D eigenvalue weighted by Crippen LogP contribution is 2.23. The van der Waals surface area contributed by atoms with Gasteiger partial charge in [-0.15, -0.1) is 0 Å². The number of alkyl halides is 3. The van der Waals surface area contributed by atoms with Crippen LogP contribution in [0.4, 0.5) is 13.2 Å². The Kier molecular flexibility index (Phi) is 6.62. The van der Waals surface area contributed by atoms with E-state index in [-0.39, 0.29) is 12.5 Å². The second-order valence-electron chi connectivity index (χ2n) is 7.89. The van der Waals surface area contributed by atoms with E-state index in [1.54, 1.807) is 0 Å². The molecular formula is C18H29F3N4O2. The zero-order valence-corrected chi connectivity index (χ0v) is 15.6. The minimum absolute atomic E-state index is 0.0421. The predicted octanol–water partition coefficient (Wildman–Crippen LogP) is 1.22. The molecule has 0 radical (unpaired) electrons. The molecule has 1 aliphatic carbocycles. The number of carbonyl (C=O) groups excluding carboxylic acids is 2. The molecule has 1 N–H and O–H groups in total. The molecule has 3 aliphatic rings. The quantitative estimate of drug-likeness (QED) is 0.767. The average molecular weight is 390 g/mol. The van der Waals surface area contributed by atoms with Crippen molar-refractivity contribution in [2.45, 2.75) is 56.8 Å². The van der Waals surface area contributed by atoms with Crippen molar-refractivity contribution in [3.8, 4) is 0 Å². The minimum atomic E-state index is -4.36. The van der Waals surface area contributed by atoms with Gasteiger partial charge in [0.2, 0.25) is 11.8 Å². The summed E-state index contributed by atoms with van der Waals surface area (Å²) < 4.78 is 37.9. The van der Waals surface area contributed by atoms with Crippen LogP contribution in [-0.2, 0) is 9.59 Å². The number of halogens is 3. The number of amides is 2. The van der Waals surface area contributed by atoms with Crippen molar-refractivity contribution in [1.82, 2.24) is 20.0 Å². The summed E-state index contributed by atoms with van der Waals surface area (Å²) >= 11 is 0. The fourth-order valence-electron chi connectivity index (χ4n) is 4.41. The molecule has 1 atom stereocenters. The number of rotatable bonds is 5. The van der Waals surface area contributed by atoms with Gasteiger partial charge in [-0.2, -0.15) is 13.2 Å². The molecule has 0 unspecified atom stereocenters. The van der Waals surface area contributed by atoms with Gasteiger partial charge in [0.05, 0.1) is 12.6 Å². The van der Waals surface area contributed by atoms with Crippen LogP contribution in [0.2, 0.25) is 0 Å². The van der Waals surface area contributed by atoms with Crippen molar-refractivity contribution in [2.24, 2.45) is 0 Å². The number of hydrogen-bond donors (Lipinski definition) is 1. The molecule has 0 aromatic heterocycles. The topological polar surface area (TPSA) is 55.9 Å². The number of piperazine rings is 1. The fraction of sp³-hybridized carbons (Fsp3) is 0.889. The van der Waals surface area contributed by atoms with Gasteiger partial charge in [-0.1, -0.05) is 12.8 Å². The lowest BCUT2D eigenvalue weighted by Crippen LogP contribution is -2.59. The van der Waals surface area contributed by atoms with Crippen LogP contribution in [-0.4, -0.2) is 90.6 Å². The molecule has 2 amide bonds. The highest BCUT2D eigenvalue weighted by atomic mass is 19.4. The van der Waals surface area contributed by atoms with Gasteiger partial charge in [-0.3, -0.25) is 19.4 Å². The van der Waals surface area contributed by atoms with Crippen LogP contribution >= 0.6 is 0 Å². The smallest absolute Gasteiger partial charge is 0.352 e. The molecule has 6 nitrogen and oxygen atoms in total. The lowest BCUT2D eigenvalue weighted by atomic mass is 10.0. The van der Waals surface area contributed by atoms with Crippen LogP contribution < -0.4 is 5.32 Å².